The third kappa shape index (κ3) is 3.41. The molecule has 5 heterocycles. The van der Waals surface area contributed by atoms with Gasteiger partial charge >= 0.3 is 0 Å². The number of hydrogen-bond acceptors (Lipinski definition) is 6. The Kier molecular flexibility index (Phi) is 4.29. The molecule has 1 atom stereocenters. The Labute approximate surface area is 172 Å². The average molecular weight is 420 g/mol. The number of hydrogen-bond donors (Lipinski definition) is 0. The fourth-order valence-corrected chi connectivity index (χ4v) is 4.34. The number of rotatable bonds is 5. The molecule has 5 aromatic heterocycles. The predicted molar refractivity (Wildman–Crippen MR) is 115 cm³/mol. The molecule has 0 fully saturated rings. The van der Waals surface area contributed by atoms with Crippen LogP contribution in [0.4, 0.5) is 0 Å². The summed E-state index contributed by atoms with van der Waals surface area (Å²) in [4.78, 5) is 9.19. The summed E-state index contributed by atoms with van der Waals surface area (Å²) < 4.78 is 17.6. The third-order valence-electron chi connectivity index (χ3n) is 5.00. The minimum absolute atomic E-state index is 0.0693. The van der Waals surface area contributed by atoms with E-state index in [1.807, 2.05) is 18.5 Å². The van der Waals surface area contributed by atoms with Crippen molar-refractivity contribution in [2.24, 2.45) is 0 Å². The third-order valence-corrected chi connectivity index (χ3v) is 5.97. The number of pyridine rings is 1. The van der Waals surface area contributed by atoms with Gasteiger partial charge < -0.3 is 8.97 Å². The van der Waals surface area contributed by atoms with E-state index in [-0.39, 0.29) is 6.04 Å². The highest BCUT2D eigenvalue weighted by Gasteiger charge is 2.17. The van der Waals surface area contributed by atoms with Crippen LogP contribution in [0.25, 0.3) is 28.1 Å². The zero-order valence-electron chi connectivity index (χ0n) is 16.9. The highest BCUT2D eigenvalue weighted by molar-refractivity contribution is 7.61. The molecule has 0 aromatic carbocycles. The summed E-state index contributed by atoms with van der Waals surface area (Å²) >= 11 is 0. The molecule has 9 nitrogen and oxygen atoms in total. The van der Waals surface area contributed by atoms with Crippen LogP contribution in [0.1, 0.15) is 18.5 Å². The molecular weight excluding hydrogens is 399 g/mol. The zero-order valence-corrected chi connectivity index (χ0v) is 17.8. The first-order chi connectivity index (χ1) is 14.4. The van der Waals surface area contributed by atoms with Crippen LogP contribution in [0, 0.1) is 0 Å². The van der Waals surface area contributed by atoms with E-state index >= 15 is 0 Å². The van der Waals surface area contributed by atoms with Crippen molar-refractivity contribution in [1.82, 2.24) is 39.1 Å². The maximum Gasteiger partial charge on any atom is 0.221 e. The second-order valence-electron chi connectivity index (χ2n) is 7.90. The molecule has 0 N–H and O–H groups in total. The fraction of sp³-hybridized carbons (Fsp3) is 0.250. The Morgan fingerprint density at radius 2 is 2.00 bits per heavy atom. The van der Waals surface area contributed by atoms with E-state index in [0.29, 0.717) is 23.3 Å². The van der Waals surface area contributed by atoms with Crippen LogP contribution in [0.3, 0.4) is 0 Å². The van der Waals surface area contributed by atoms with Crippen LogP contribution in [0.2, 0.25) is 0 Å². The maximum atomic E-state index is 12.1. The van der Waals surface area contributed by atoms with E-state index < -0.39 is 7.14 Å². The largest absolute Gasteiger partial charge is 0.324 e. The first kappa shape index (κ1) is 18.7. The van der Waals surface area contributed by atoms with E-state index in [1.54, 1.807) is 35.1 Å². The molecule has 0 spiro atoms. The molecule has 152 valence electrons. The molecule has 0 saturated heterocycles. The molecule has 30 heavy (non-hydrogen) atoms. The number of fused-ring (bicyclic) bond motifs is 2. The van der Waals surface area contributed by atoms with Crippen LogP contribution in [0.15, 0.2) is 55.2 Å². The number of nitrogens with zero attached hydrogens (tertiary/aromatic N) is 8. The highest BCUT2D eigenvalue weighted by Crippen LogP contribution is 2.37. The molecule has 0 radical (unpaired) electrons. The first-order valence-corrected chi connectivity index (χ1v) is 12.4. The minimum atomic E-state index is -2.22. The normalized spacial score (nSPS) is 13.3. The Hall–Kier alpha value is -3.32. The van der Waals surface area contributed by atoms with Gasteiger partial charge in [-0.05, 0) is 44.0 Å². The van der Waals surface area contributed by atoms with Crippen LogP contribution in [-0.2, 0) is 10.9 Å². The summed E-state index contributed by atoms with van der Waals surface area (Å²) in [5.74, 6) is 0. The summed E-state index contributed by atoms with van der Waals surface area (Å²) in [7, 11) is -2.22. The monoisotopic (exact) mass is 420 g/mol. The van der Waals surface area contributed by atoms with Gasteiger partial charge in [0.1, 0.15) is 7.14 Å². The van der Waals surface area contributed by atoms with E-state index in [9.17, 15) is 4.57 Å². The van der Waals surface area contributed by atoms with Crippen molar-refractivity contribution in [2.75, 3.05) is 13.3 Å². The molecule has 0 amide bonds. The van der Waals surface area contributed by atoms with Crippen LogP contribution >= 0.6 is 7.14 Å². The van der Waals surface area contributed by atoms with Gasteiger partial charge in [-0.2, -0.15) is 5.10 Å². The lowest BCUT2D eigenvalue weighted by Crippen LogP contribution is -2.10. The molecule has 0 aliphatic heterocycles. The molecule has 0 aliphatic carbocycles. The SMILES string of the molecule is CC(c1ccc2cccn2c1)n1nnc2ncc(-c3cnn(CP(C)(C)=O)c3)nc21. The predicted octanol–water partition coefficient (Wildman–Crippen LogP) is 3.53. The smallest absolute Gasteiger partial charge is 0.221 e. The highest BCUT2D eigenvalue weighted by atomic mass is 31.2. The molecule has 0 bridgehead atoms. The molecular formula is C20H21N8OP. The van der Waals surface area contributed by atoms with Gasteiger partial charge in [-0.15, -0.1) is 5.10 Å². The van der Waals surface area contributed by atoms with Crippen LogP contribution in [-0.4, -0.2) is 52.5 Å². The summed E-state index contributed by atoms with van der Waals surface area (Å²) in [6, 6.07) is 8.18. The second-order valence-corrected chi connectivity index (χ2v) is 11.3. The van der Waals surface area contributed by atoms with Gasteiger partial charge in [-0.1, -0.05) is 11.3 Å². The standard InChI is InChI=1S/C20H21N8OP/c1-14(15-6-7-17-5-4-8-26(17)11-15)28-20-19(24-25-28)21-10-18(23-20)16-9-22-27(12-16)13-30(2,3)29/h4-12,14H,13H2,1-3H3. The van der Waals surface area contributed by atoms with Crippen molar-refractivity contribution < 1.29 is 4.57 Å². The molecule has 5 rings (SSSR count). The lowest BCUT2D eigenvalue weighted by atomic mass is 10.1. The van der Waals surface area contributed by atoms with E-state index in [2.05, 4.69) is 56.1 Å². The Bertz CT molecular complexity index is 1410. The Morgan fingerprint density at radius 3 is 2.83 bits per heavy atom. The summed E-state index contributed by atoms with van der Waals surface area (Å²) in [6.07, 6.45) is 9.71. The minimum Gasteiger partial charge on any atom is -0.324 e. The average Bonchev–Trinajstić information content (AvgIpc) is 3.44. The maximum absolute atomic E-state index is 12.1. The lowest BCUT2D eigenvalue weighted by Gasteiger charge is -2.13. The van der Waals surface area contributed by atoms with E-state index in [4.69, 9.17) is 4.98 Å². The van der Waals surface area contributed by atoms with Crippen molar-refractivity contribution >= 4 is 24.0 Å². The first-order valence-electron chi connectivity index (χ1n) is 9.59. The van der Waals surface area contributed by atoms with Gasteiger partial charge in [-0.3, -0.25) is 4.68 Å². The molecule has 0 aliphatic rings. The molecule has 1 unspecified atom stereocenters. The van der Waals surface area contributed by atoms with Gasteiger partial charge in [0.25, 0.3) is 0 Å². The quantitative estimate of drug-likeness (QED) is 0.404. The lowest BCUT2D eigenvalue weighted by molar-refractivity contribution is 0.554. The van der Waals surface area contributed by atoms with E-state index in [0.717, 1.165) is 16.6 Å². The molecule has 5 aromatic rings. The van der Waals surface area contributed by atoms with Gasteiger partial charge in [0.05, 0.1) is 30.4 Å². The van der Waals surface area contributed by atoms with Crippen molar-refractivity contribution in [3.8, 4) is 11.3 Å². The summed E-state index contributed by atoms with van der Waals surface area (Å²) in [6.45, 7) is 5.55. The fourth-order valence-electron chi connectivity index (χ4n) is 3.49. The van der Waals surface area contributed by atoms with Crippen LogP contribution in [0.5, 0.6) is 0 Å². The van der Waals surface area contributed by atoms with Crippen molar-refractivity contribution in [2.45, 2.75) is 19.3 Å². The van der Waals surface area contributed by atoms with Crippen molar-refractivity contribution in [3.05, 3.63) is 60.8 Å². The second kappa shape index (κ2) is 6.88. The van der Waals surface area contributed by atoms with Crippen LogP contribution < -0.4 is 0 Å². The van der Waals surface area contributed by atoms with E-state index in [1.165, 1.54) is 0 Å². The molecule has 10 heteroatoms. The summed E-state index contributed by atoms with van der Waals surface area (Å²) in [5.41, 5.74) is 4.81. The number of aromatic nitrogens is 8. The van der Waals surface area contributed by atoms with Crippen molar-refractivity contribution in [3.63, 3.8) is 0 Å². The molecule has 0 saturated carbocycles. The topological polar surface area (TPSA) is 95.8 Å². The van der Waals surface area contributed by atoms with Gasteiger partial charge in [0, 0.05) is 29.7 Å². The van der Waals surface area contributed by atoms with Gasteiger partial charge in [-0.25, -0.2) is 14.6 Å². The van der Waals surface area contributed by atoms with Crippen molar-refractivity contribution in [1.29, 1.82) is 0 Å². The summed E-state index contributed by atoms with van der Waals surface area (Å²) in [5, 5.41) is 12.8. The van der Waals surface area contributed by atoms with Gasteiger partial charge in [0.15, 0.2) is 5.65 Å². The Morgan fingerprint density at radius 1 is 1.13 bits per heavy atom. The van der Waals surface area contributed by atoms with Gasteiger partial charge in [0.2, 0.25) is 5.65 Å². The Balaban J connectivity index is 1.52. The zero-order chi connectivity index (χ0) is 20.9.